The molecule has 0 aliphatic carbocycles. The SMILES string of the molecule is CC(C)(C)C(C)(O)Cc1cc(F)ccc1F. The Hall–Kier alpha value is -0.960. The summed E-state index contributed by atoms with van der Waals surface area (Å²) in [4.78, 5) is 0. The molecule has 16 heavy (non-hydrogen) atoms. The van der Waals surface area contributed by atoms with E-state index in [2.05, 4.69) is 0 Å². The monoisotopic (exact) mass is 228 g/mol. The van der Waals surface area contributed by atoms with Crippen LogP contribution in [0, 0.1) is 17.0 Å². The molecule has 0 aliphatic heterocycles. The third kappa shape index (κ3) is 2.79. The zero-order chi connectivity index (χ0) is 12.6. The summed E-state index contributed by atoms with van der Waals surface area (Å²) in [6, 6.07) is 3.30. The molecule has 1 aromatic carbocycles. The highest BCUT2D eigenvalue weighted by molar-refractivity contribution is 5.21. The maximum atomic E-state index is 13.4. The second-order valence-corrected chi connectivity index (χ2v) is 5.44. The zero-order valence-corrected chi connectivity index (χ0v) is 10.1. The van der Waals surface area contributed by atoms with Gasteiger partial charge in [-0.2, -0.15) is 0 Å². The molecule has 0 aromatic heterocycles. The van der Waals surface area contributed by atoms with Gasteiger partial charge < -0.3 is 5.11 Å². The van der Waals surface area contributed by atoms with Gasteiger partial charge in [-0.05, 0) is 36.1 Å². The van der Waals surface area contributed by atoms with Gasteiger partial charge in [-0.25, -0.2) is 8.78 Å². The number of rotatable bonds is 2. The third-order valence-electron chi connectivity index (χ3n) is 3.16. The maximum Gasteiger partial charge on any atom is 0.126 e. The number of benzene rings is 1. The first-order chi connectivity index (χ1) is 7.13. The molecule has 0 saturated heterocycles. The number of hydrogen-bond donors (Lipinski definition) is 1. The van der Waals surface area contributed by atoms with Gasteiger partial charge in [0.1, 0.15) is 11.6 Å². The van der Waals surface area contributed by atoms with E-state index in [1.165, 1.54) is 0 Å². The first kappa shape index (κ1) is 13.1. The van der Waals surface area contributed by atoms with Crippen LogP contribution in [0.5, 0.6) is 0 Å². The summed E-state index contributed by atoms with van der Waals surface area (Å²) in [6.45, 7) is 7.23. The van der Waals surface area contributed by atoms with Crippen molar-refractivity contribution in [3.05, 3.63) is 35.4 Å². The molecule has 1 N–H and O–H groups in total. The minimum atomic E-state index is -1.08. The van der Waals surface area contributed by atoms with Crippen LogP contribution >= 0.6 is 0 Å². The van der Waals surface area contributed by atoms with Gasteiger partial charge in [0, 0.05) is 6.42 Å². The molecule has 0 amide bonds. The Balaban J connectivity index is 3.01. The highest BCUT2D eigenvalue weighted by atomic mass is 19.1. The van der Waals surface area contributed by atoms with Crippen LogP contribution < -0.4 is 0 Å². The van der Waals surface area contributed by atoms with E-state index in [1.54, 1.807) is 6.92 Å². The van der Waals surface area contributed by atoms with Crippen LogP contribution in [0.25, 0.3) is 0 Å². The number of hydrogen-bond acceptors (Lipinski definition) is 1. The number of halogens is 2. The molecule has 0 aliphatic rings. The van der Waals surface area contributed by atoms with Crippen LogP contribution in [-0.4, -0.2) is 10.7 Å². The normalized spacial score (nSPS) is 15.9. The molecule has 0 spiro atoms. The third-order valence-corrected chi connectivity index (χ3v) is 3.16. The Morgan fingerprint density at radius 1 is 1.12 bits per heavy atom. The second-order valence-electron chi connectivity index (χ2n) is 5.44. The predicted molar refractivity (Wildman–Crippen MR) is 60.1 cm³/mol. The molecule has 3 heteroatoms. The van der Waals surface area contributed by atoms with Crippen molar-refractivity contribution in [2.24, 2.45) is 5.41 Å². The fourth-order valence-corrected chi connectivity index (χ4v) is 1.31. The van der Waals surface area contributed by atoms with Gasteiger partial charge in [0.15, 0.2) is 0 Å². The molecule has 1 rings (SSSR count). The standard InChI is InChI=1S/C13H18F2O/c1-12(2,3)13(4,16)8-9-7-10(14)5-6-11(9)15/h5-7,16H,8H2,1-4H3. The van der Waals surface area contributed by atoms with E-state index in [-0.39, 0.29) is 12.0 Å². The van der Waals surface area contributed by atoms with Gasteiger partial charge in [0.05, 0.1) is 5.60 Å². The van der Waals surface area contributed by atoms with E-state index in [9.17, 15) is 13.9 Å². The average Bonchev–Trinajstić information content (AvgIpc) is 2.09. The Bertz CT molecular complexity index is 378. The molecule has 0 fully saturated rings. The van der Waals surface area contributed by atoms with E-state index in [1.807, 2.05) is 20.8 Å². The van der Waals surface area contributed by atoms with Crippen molar-refractivity contribution < 1.29 is 13.9 Å². The topological polar surface area (TPSA) is 20.2 Å². The maximum absolute atomic E-state index is 13.4. The first-order valence-electron chi connectivity index (χ1n) is 5.30. The largest absolute Gasteiger partial charge is 0.389 e. The lowest BCUT2D eigenvalue weighted by atomic mass is 9.74. The lowest BCUT2D eigenvalue weighted by molar-refractivity contribution is -0.0411. The minimum absolute atomic E-state index is 0.0973. The highest BCUT2D eigenvalue weighted by Gasteiger charge is 2.35. The summed E-state index contributed by atoms with van der Waals surface area (Å²) in [5.41, 5.74) is -1.27. The molecule has 1 aromatic rings. The van der Waals surface area contributed by atoms with Gasteiger partial charge in [-0.3, -0.25) is 0 Å². The Kier molecular flexibility index (Phi) is 3.38. The molecule has 0 bridgehead atoms. The summed E-state index contributed by atoms with van der Waals surface area (Å²) < 4.78 is 26.4. The summed E-state index contributed by atoms with van der Waals surface area (Å²) in [6.07, 6.45) is 0.0973. The van der Waals surface area contributed by atoms with Crippen LogP contribution in [0.3, 0.4) is 0 Å². The minimum Gasteiger partial charge on any atom is -0.389 e. The summed E-state index contributed by atoms with van der Waals surface area (Å²) in [7, 11) is 0. The van der Waals surface area contributed by atoms with Gasteiger partial charge in [0.25, 0.3) is 0 Å². The number of aliphatic hydroxyl groups is 1. The Morgan fingerprint density at radius 2 is 1.69 bits per heavy atom. The molecule has 0 heterocycles. The van der Waals surface area contributed by atoms with Crippen LogP contribution in [0.2, 0.25) is 0 Å². The summed E-state index contributed by atoms with van der Waals surface area (Å²) in [5.74, 6) is -0.966. The van der Waals surface area contributed by atoms with Gasteiger partial charge in [0.2, 0.25) is 0 Å². The van der Waals surface area contributed by atoms with Crippen LogP contribution in [0.15, 0.2) is 18.2 Å². The highest BCUT2D eigenvalue weighted by Crippen LogP contribution is 2.33. The van der Waals surface area contributed by atoms with Crippen molar-refractivity contribution >= 4 is 0 Å². The van der Waals surface area contributed by atoms with E-state index in [0.29, 0.717) is 0 Å². The molecular formula is C13H18F2O. The first-order valence-corrected chi connectivity index (χ1v) is 5.30. The molecule has 0 radical (unpaired) electrons. The van der Waals surface area contributed by atoms with Crippen LogP contribution in [0.1, 0.15) is 33.3 Å². The summed E-state index contributed by atoms with van der Waals surface area (Å²) in [5, 5.41) is 10.2. The quantitative estimate of drug-likeness (QED) is 0.823. The molecule has 90 valence electrons. The molecule has 1 unspecified atom stereocenters. The van der Waals surface area contributed by atoms with Crippen LogP contribution in [0.4, 0.5) is 8.78 Å². The molecular weight excluding hydrogens is 210 g/mol. The fourth-order valence-electron chi connectivity index (χ4n) is 1.31. The van der Waals surface area contributed by atoms with Crippen LogP contribution in [-0.2, 0) is 6.42 Å². The lowest BCUT2D eigenvalue weighted by Gasteiger charge is -2.37. The zero-order valence-electron chi connectivity index (χ0n) is 10.1. The van der Waals surface area contributed by atoms with E-state index < -0.39 is 22.7 Å². The fraction of sp³-hybridized carbons (Fsp3) is 0.538. The van der Waals surface area contributed by atoms with Gasteiger partial charge >= 0.3 is 0 Å². The van der Waals surface area contributed by atoms with Crippen molar-refractivity contribution in [2.75, 3.05) is 0 Å². The van der Waals surface area contributed by atoms with Crippen molar-refractivity contribution in [3.63, 3.8) is 0 Å². The molecule has 0 saturated carbocycles. The molecule has 1 nitrogen and oxygen atoms in total. The van der Waals surface area contributed by atoms with Crippen molar-refractivity contribution in [1.82, 2.24) is 0 Å². The smallest absolute Gasteiger partial charge is 0.126 e. The summed E-state index contributed by atoms with van der Waals surface area (Å²) >= 11 is 0. The van der Waals surface area contributed by atoms with Gasteiger partial charge in [-0.15, -0.1) is 0 Å². The average molecular weight is 228 g/mol. The Labute approximate surface area is 95.1 Å². The van der Waals surface area contributed by atoms with Crippen molar-refractivity contribution in [2.45, 2.75) is 39.7 Å². The predicted octanol–water partition coefficient (Wildman–Crippen LogP) is 3.30. The lowest BCUT2D eigenvalue weighted by Crippen LogP contribution is -2.42. The van der Waals surface area contributed by atoms with E-state index >= 15 is 0 Å². The molecule has 1 atom stereocenters. The van der Waals surface area contributed by atoms with Crippen molar-refractivity contribution in [1.29, 1.82) is 0 Å². The van der Waals surface area contributed by atoms with Gasteiger partial charge in [-0.1, -0.05) is 20.8 Å². The van der Waals surface area contributed by atoms with E-state index in [4.69, 9.17) is 0 Å². The second kappa shape index (κ2) is 4.13. The van der Waals surface area contributed by atoms with Crippen molar-refractivity contribution in [3.8, 4) is 0 Å². The van der Waals surface area contributed by atoms with E-state index in [0.717, 1.165) is 18.2 Å². The Morgan fingerprint density at radius 3 is 2.19 bits per heavy atom.